The summed E-state index contributed by atoms with van der Waals surface area (Å²) in [6, 6.07) is 2.97. The van der Waals surface area contributed by atoms with Crippen molar-refractivity contribution >= 4 is 17.7 Å². The quantitative estimate of drug-likeness (QED) is 0.858. The van der Waals surface area contributed by atoms with Gasteiger partial charge in [-0.15, -0.1) is 0 Å². The molecular formula is C21H29N3O4. The van der Waals surface area contributed by atoms with Gasteiger partial charge in [-0.1, -0.05) is 12.8 Å². The number of pyridine rings is 1. The summed E-state index contributed by atoms with van der Waals surface area (Å²) in [6.07, 6.45) is 6.53. The Balaban J connectivity index is 1.53. The first-order valence-electron chi connectivity index (χ1n) is 10.4. The third kappa shape index (κ3) is 3.60. The first-order valence-corrected chi connectivity index (χ1v) is 10.4. The number of fused-ring (bicyclic) bond motifs is 1. The molecule has 152 valence electrons. The number of aliphatic carboxylic acids is 1. The van der Waals surface area contributed by atoms with E-state index in [0.717, 1.165) is 44.6 Å². The molecule has 0 aromatic carbocycles. The fourth-order valence-corrected chi connectivity index (χ4v) is 5.19. The Labute approximate surface area is 165 Å². The molecule has 3 fully saturated rings. The van der Waals surface area contributed by atoms with E-state index in [1.54, 1.807) is 17.2 Å². The molecule has 2 saturated heterocycles. The normalized spacial score (nSPS) is 32.9. The van der Waals surface area contributed by atoms with Crippen LogP contribution in [0.3, 0.4) is 0 Å². The van der Waals surface area contributed by atoms with E-state index in [9.17, 15) is 14.7 Å². The van der Waals surface area contributed by atoms with Crippen molar-refractivity contribution in [3.05, 3.63) is 23.9 Å². The molecule has 7 heteroatoms. The van der Waals surface area contributed by atoms with Gasteiger partial charge in [0.05, 0.1) is 17.8 Å². The van der Waals surface area contributed by atoms with Crippen LogP contribution in [0.5, 0.6) is 0 Å². The highest BCUT2D eigenvalue weighted by Gasteiger charge is 2.47. The van der Waals surface area contributed by atoms with Gasteiger partial charge in [0.1, 0.15) is 11.9 Å². The standard InChI is InChI=1S/C21H29N3O4/c1-13-11-23(12-14(2)28-13)19-8-7-16(10-22-19)20(25)24-17-6-4-3-5-15(17)9-18(24)21(26)27/h7-8,10,13-15,17-18H,3-6,9,11-12H2,1-2H3,(H,26,27). The lowest BCUT2D eigenvalue weighted by atomic mass is 9.84. The van der Waals surface area contributed by atoms with Gasteiger partial charge in [-0.3, -0.25) is 4.79 Å². The van der Waals surface area contributed by atoms with E-state index in [0.29, 0.717) is 17.9 Å². The van der Waals surface area contributed by atoms with Gasteiger partial charge >= 0.3 is 5.97 Å². The second kappa shape index (κ2) is 7.70. The average Bonchev–Trinajstić information content (AvgIpc) is 3.07. The summed E-state index contributed by atoms with van der Waals surface area (Å²) < 4.78 is 5.77. The highest BCUT2D eigenvalue weighted by molar-refractivity contribution is 5.97. The smallest absolute Gasteiger partial charge is 0.326 e. The number of amides is 1. The van der Waals surface area contributed by atoms with Crippen LogP contribution in [0.25, 0.3) is 0 Å². The van der Waals surface area contributed by atoms with E-state index in [1.807, 2.05) is 19.9 Å². The van der Waals surface area contributed by atoms with Crippen LogP contribution in [-0.4, -0.2) is 64.2 Å². The molecule has 4 rings (SSSR count). The Morgan fingerprint density at radius 3 is 2.50 bits per heavy atom. The zero-order valence-corrected chi connectivity index (χ0v) is 16.6. The summed E-state index contributed by atoms with van der Waals surface area (Å²) in [5.74, 6) is 0.0286. The Hall–Kier alpha value is -2.15. The topological polar surface area (TPSA) is 83.0 Å². The maximum atomic E-state index is 13.2. The van der Waals surface area contributed by atoms with Gasteiger partial charge in [-0.05, 0) is 51.2 Å². The highest BCUT2D eigenvalue weighted by Crippen LogP contribution is 2.40. The fraction of sp³-hybridized carbons (Fsp3) is 0.667. The predicted octanol–water partition coefficient (Wildman–Crippen LogP) is 2.55. The van der Waals surface area contributed by atoms with Gasteiger partial charge in [0.2, 0.25) is 0 Å². The molecule has 7 nitrogen and oxygen atoms in total. The molecule has 1 aromatic rings. The van der Waals surface area contributed by atoms with Crippen LogP contribution in [0.15, 0.2) is 18.3 Å². The van der Waals surface area contributed by atoms with Crippen molar-refractivity contribution in [2.75, 3.05) is 18.0 Å². The molecule has 28 heavy (non-hydrogen) atoms. The van der Waals surface area contributed by atoms with E-state index < -0.39 is 12.0 Å². The van der Waals surface area contributed by atoms with E-state index in [4.69, 9.17) is 4.74 Å². The van der Waals surface area contributed by atoms with Crippen LogP contribution < -0.4 is 4.90 Å². The second-order valence-electron chi connectivity index (χ2n) is 8.48. The highest BCUT2D eigenvalue weighted by atomic mass is 16.5. The van der Waals surface area contributed by atoms with Crippen LogP contribution in [-0.2, 0) is 9.53 Å². The molecule has 1 aliphatic carbocycles. The number of nitrogens with zero attached hydrogens (tertiary/aromatic N) is 3. The van der Waals surface area contributed by atoms with Gasteiger partial charge in [-0.2, -0.15) is 0 Å². The number of aromatic nitrogens is 1. The number of carbonyl (C=O) groups is 2. The predicted molar refractivity (Wildman–Crippen MR) is 104 cm³/mol. The zero-order valence-electron chi connectivity index (χ0n) is 16.6. The minimum Gasteiger partial charge on any atom is -0.480 e. The van der Waals surface area contributed by atoms with E-state index in [1.165, 1.54) is 0 Å². The van der Waals surface area contributed by atoms with Gasteiger partial charge in [0, 0.05) is 25.3 Å². The summed E-state index contributed by atoms with van der Waals surface area (Å²) >= 11 is 0. The van der Waals surface area contributed by atoms with Crippen molar-refractivity contribution in [3.8, 4) is 0 Å². The molecule has 0 spiro atoms. The Morgan fingerprint density at radius 2 is 1.86 bits per heavy atom. The maximum absolute atomic E-state index is 13.2. The van der Waals surface area contributed by atoms with E-state index >= 15 is 0 Å². The number of carbonyl (C=O) groups excluding carboxylic acids is 1. The second-order valence-corrected chi connectivity index (χ2v) is 8.48. The molecule has 0 radical (unpaired) electrons. The minimum atomic E-state index is -0.899. The number of hydrogen-bond donors (Lipinski definition) is 1. The molecule has 1 saturated carbocycles. The number of ether oxygens (including phenoxy) is 1. The van der Waals surface area contributed by atoms with Gasteiger partial charge < -0.3 is 19.6 Å². The Morgan fingerprint density at radius 1 is 1.14 bits per heavy atom. The molecular weight excluding hydrogens is 358 g/mol. The lowest BCUT2D eigenvalue weighted by molar-refractivity contribution is -0.141. The molecule has 1 aromatic heterocycles. The van der Waals surface area contributed by atoms with Gasteiger partial charge in [0.15, 0.2) is 0 Å². The molecule has 1 N–H and O–H groups in total. The first-order chi connectivity index (χ1) is 13.4. The first kappa shape index (κ1) is 19.2. The number of carboxylic acids is 1. The van der Waals surface area contributed by atoms with E-state index in [-0.39, 0.29) is 24.2 Å². The van der Waals surface area contributed by atoms with Crippen molar-refractivity contribution in [1.82, 2.24) is 9.88 Å². The molecule has 0 bridgehead atoms. The van der Waals surface area contributed by atoms with Crippen molar-refractivity contribution in [2.24, 2.45) is 5.92 Å². The number of morpholine rings is 1. The molecule has 5 atom stereocenters. The Bertz CT molecular complexity index is 728. The minimum absolute atomic E-state index is 0.0444. The molecule has 3 aliphatic rings. The summed E-state index contributed by atoms with van der Waals surface area (Å²) in [5, 5.41) is 9.66. The fourth-order valence-electron chi connectivity index (χ4n) is 5.19. The van der Waals surface area contributed by atoms with E-state index in [2.05, 4.69) is 9.88 Å². The SMILES string of the molecule is CC1CN(c2ccc(C(=O)N3C(C(=O)O)CC4CCCCC43)cn2)CC(C)O1. The lowest BCUT2D eigenvalue weighted by Gasteiger charge is -2.36. The number of hydrogen-bond acceptors (Lipinski definition) is 5. The van der Waals surface area contributed by atoms with Gasteiger partial charge in [-0.25, -0.2) is 9.78 Å². The summed E-state index contributed by atoms with van der Waals surface area (Å²) in [7, 11) is 0. The zero-order chi connectivity index (χ0) is 19.8. The van der Waals surface area contributed by atoms with Crippen molar-refractivity contribution in [3.63, 3.8) is 0 Å². The van der Waals surface area contributed by atoms with Crippen molar-refractivity contribution in [2.45, 2.75) is 70.2 Å². The third-order valence-electron chi connectivity index (χ3n) is 6.35. The largest absolute Gasteiger partial charge is 0.480 e. The average molecular weight is 387 g/mol. The maximum Gasteiger partial charge on any atom is 0.326 e. The van der Waals surface area contributed by atoms with Crippen LogP contribution in [0.4, 0.5) is 5.82 Å². The summed E-state index contributed by atoms with van der Waals surface area (Å²) in [4.78, 5) is 33.3. The molecule has 5 unspecified atom stereocenters. The van der Waals surface area contributed by atoms with Crippen molar-refractivity contribution < 1.29 is 19.4 Å². The molecule has 1 amide bonds. The number of anilines is 1. The van der Waals surface area contributed by atoms with Crippen LogP contribution in [0.2, 0.25) is 0 Å². The number of rotatable bonds is 3. The molecule has 2 aliphatic heterocycles. The number of carboxylic acid groups (broad SMARTS) is 1. The van der Waals surface area contributed by atoms with Crippen LogP contribution >= 0.6 is 0 Å². The summed E-state index contributed by atoms with van der Waals surface area (Å²) in [6.45, 7) is 5.62. The summed E-state index contributed by atoms with van der Waals surface area (Å²) in [5.41, 5.74) is 0.468. The van der Waals surface area contributed by atoms with Gasteiger partial charge in [0.25, 0.3) is 5.91 Å². The van der Waals surface area contributed by atoms with Crippen LogP contribution in [0.1, 0.15) is 56.3 Å². The van der Waals surface area contributed by atoms with Crippen LogP contribution in [0, 0.1) is 5.92 Å². The number of likely N-dealkylation sites (tertiary alicyclic amines) is 1. The lowest BCUT2D eigenvalue weighted by Crippen LogP contribution is -2.46. The molecule has 3 heterocycles. The third-order valence-corrected chi connectivity index (χ3v) is 6.35. The van der Waals surface area contributed by atoms with Crippen molar-refractivity contribution in [1.29, 1.82) is 0 Å². The Kier molecular flexibility index (Phi) is 5.27. The monoisotopic (exact) mass is 387 g/mol.